The Balaban J connectivity index is 3.52. The van der Waals surface area contributed by atoms with Crippen LogP contribution in [0.5, 0.6) is 0 Å². The van der Waals surface area contributed by atoms with Crippen molar-refractivity contribution in [3.05, 3.63) is 0 Å². The van der Waals surface area contributed by atoms with Crippen LogP contribution in [0.15, 0.2) is 0 Å². The highest BCUT2D eigenvalue weighted by Crippen LogP contribution is 1.98. The SMILES string of the molecule is CC(=O)N(O)CCCCCNC(=O)CCC(=O)NCCC(F)CN. The molecule has 0 radical (unpaired) electrons. The number of amides is 3. The van der Waals surface area contributed by atoms with Crippen molar-refractivity contribution in [3.8, 4) is 0 Å². The molecule has 3 amide bonds. The maximum Gasteiger partial charge on any atom is 0.242 e. The Bertz CT molecular complexity index is 396. The van der Waals surface area contributed by atoms with Crippen molar-refractivity contribution in [1.29, 1.82) is 0 Å². The summed E-state index contributed by atoms with van der Waals surface area (Å²) in [7, 11) is 0. The summed E-state index contributed by atoms with van der Waals surface area (Å²) in [6.45, 7) is 2.17. The fourth-order valence-corrected chi connectivity index (χ4v) is 1.84. The second-order valence-corrected chi connectivity index (χ2v) is 5.52. The number of nitrogens with one attached hydrogen (secondary N) is 2. The van der Waals surface area contributed by atoms with Gasteiger partial charge in [0.1, 0.15) is 6.17 Å². The number of unbranched alkanes of at least 4 members (excludes halogenated alkanes) is 2. The van der Waals surface area contributed by atoms with Crippen LogP contribution in [0.4, 0.5) is 4.39 Å². The molecule has 0 aliphatic rings. The predicted molar refractivity (Wildman–Crippen MR) is 86.8 cm³/mol. The fraction of sp³-hybridized carbons (Fsp3) is 0.800. The topological polar surface area (TPSA) is 125 Å². The van der Waals surface area contributed by atoms with Gasteiger partial charge in [0.05, 0.1) is 0 Å². The molecule has 0 aromatic heterocycles. The number of nitrogens with two attached hydrogens (primary N) is 1. The van der Waals surface area contributed by atoms with Gasteiger partial charge in [0.2, 0.25) is 17.7 Å². The Labute approximate surface area is 141 Å². The molecule has 9 heteroatoms. The lowest BCUT2D eigenvalue weighted by molar-refractivity contribution is -0.162. The Kier molecular flexibility index (Phi) is 12.7. The number of carbonyl (C=O) groups is 3. The van der Waals surface area contributed by atoms with E-state index in [0.29, 0.717) is 18.0 Å². The Morgan fingerprint density at radius 1 is 1.08 bits per heavy atom. The fourth-order valence-electron chi connectivity index (χ4n) is 1.84. The first-order valence-corrected chi connectivity index (χ1v) is 8.21. The van der Waals surface area contributed by atoms with Crippen LogP contribution >= 0.6 is 0 Å². The minimum Gasteiger partial charge on any atom is -0.356 e. The summed E-state index contributed by atoms with van der Waals surface area (Å²) in [4.78, 5) is 33.8. The highest BCUT2D eigenvalue weighted by Gasteiger charge is 2.08. The molecular formula is C15H29FN4O4. The molecule has 0 aliphatic heterocycles. The molecule has 24 heavy (non-hydrogen) atoms. The van der Waals surface area contributed by atoms with Crippen molar-refractivity contribution in [3.63, 3.8) is 0 Å². The van der Waals surface area contributed by atoms with E-state index >= 15 is 0 Å². The monoisotopic (exact) mass is 348 g/mol. The minimum atomic E-state index is -1.12. The van der Waals surface area contributed by atoms with Gasteiger partial charge in [-0.2, -0.15) is 0 Å². The van der Waals surface area contributed by atoms with E-state index in [1.807, 2.05) is 0 Å². The summed E-state index contributed by atoms with van der Waals surface area (Å²) in [5.74, 6) is -0.906. The lowest BCUT2D eigenvalue weighted by Gasteiger charge is -2.11. The number of alkyl halides is 1. The first-order valence-electron chi connectivity index (χ1n) is 8.21. The maximum atomic E-state index is 12.8. The average Bonchev–Trinajstić information content (AvgIpc) is 2.55. The van der Waals surface area contributed by atoms with Crippen molar-refractivity contribution in [1.82, 2.24) is 15.7 Å². The Morgan fingerprint density at radius 3 is 2.21 bits per heavy atom. The van der Waals surface area contributed by atoms with E-state index in [9.17, 15) is 18.8 Å². The first kappa shape index (κ1) is 22.3. The molecule has 0 bridgehead atoms. The molecule has 0 aliphatic carbocycles. The molecule has 0 spiro atoms. The van der Waals surface area contributed by atoms with Crippen molar-refractivity contribution < 1.29 is 24.0 Å². The van der Waals surface area contributed by atoms with Crippen LogP contribution in [0, 0.1) is 0 Å². The highest BCUT2D eigenvalue weighted by molar-refractivity contribution is 5.83. The van der Waals surface area contributed by atoms with E-state index in [4.69, 9.17) is 10.9 Å². The lowest BCUT2D eigenvalue weighted by Crippen LogP contribution is -2.30. The highest BCUT2D eigenvalue weighted by atomic mass is 19.1. The number of rotatable bonds is 13. The summed E-state index contributed by atoms with van der Waals surface area (Å²) in [5, 5.41) is 15.0. The van der Waals surface area contributed by atoms with Crippen LogP contribution < -0.4 is 16.4 Å². The first-order chi connectivity index (χ1) is 11.4. The van der Waals surface area contributed by atoms with E-state index in [1.165, 1.54) is 6.92 Å². The molecule has 0 aromatic carbocycles. The zero-order valence-corrected chi connectivity index (χ0v) is 14.2. The third kappa shape index (κ3) is 12.8. The lowest BCUT2D eigenvalue weighted by atomic mass is 10.2. The standard InChI is InChI=1S/C15H29FN4O4/c1-12(21)20(24)10-4-2-3-8-18-14(22)5-6-15(23)19-9-7-13(16)11-17/h13,24H,2-11,17H2,1H3,(H,18,22)(H,19,23). The van der Waals surface area contributed by atoms with Crippen molar-refractivity contribution in [2.24, 2.45) is 5.73 Å². The summed E-state index contributed by atoms with van der Waals surface area (Å²) in [6.07, 6.45) is 1.31. The van der Waals surface area contributed by atoms with Gasteiger partial charge >= 0.3 is 0 Å². The minimum absolute atomic E-state index is 0.0590. The molecule has 8 nitrogen and oxygen atoms in total. The second kappa shape index (κ2) is 13.7. The molecule has 0 saturated carbocycles. The van der Waals surface area contributed by atoms with E-state index in [0.717, 1.165) is 12.8 Å². The van der Waals surface area contributed by atoms with Gasteiger partial charge in [-0.15, -0.1) is 0 Å². The number of hydrogen-bond acceptors (Lipinski definition) is 5. The molecule has 0 fully saturated rings. The maximum absolute atomic E-state index is 12.8. The third-order valence-corrected chi connectivity index (χ3v) is 3.35. The van der Waals surface area contributed by atoms with Crippen LogP contribution in [0.1, 0.15) is 45.4 Å². The largest absolute Gasteiger partial charge is 0.356 e. The van der Waals surface area contributed by atoms with Gasteiger partial charge in [0.15, 0.2) is 0 Å². The molecule has 0 rings (SSSR count). The Hall–Kier alpha value is -1.74. The van der Waals surface area contributed by atoms with Crippen molar-refractivity contribution in [2.75, 3.05) is 26.2 Å². The number of halogens is 1. The van der Waals surface area contributed by atoms with Gasteiger partial charge < -0.3 is 16.4 Å². The molecule has 0 heterocycles. The van der Waals surface area contributed by atoms with Crippen molar-refractivity contribution in [2.45, 2.75) is 51.6 Å². The number of carbonyl (C=O) groups excluding carboxylic acids is 3. The third-order valence-electron chi connectivity index (χ3n) is 3.35. The van der Waals surface area contributed by atoms with Gasteiger partial charge in [-0.05, 0) is 25.7 Å². The normalized spacial score (nSPS) is 11.7. The molecule has 5 N–H and O–H groups in total. The smallest absolute Gasteiger partial charge is 0.242 e. The van der Waals surface area contributed by atoms with Gasteiger partial charge in [-0.25, -0.2) is 9.45 Å². The van der Waals surface area contributed by atoms with E-state index in [-0.39, 0.29) is 50.7 Å². The van der Waals surface area contributed by atoms with Crippen molar-refractivity contribution >= 4 is 17.7 Å². The summed E-state index contributed by atoms with van der Waals surface area (Å²) < 4.78 is 12.8. The van der Waals surface area contributed by atoms with Crippen LogP contribution in [-0.2, 0) is 14.4 Å². The zero-order valence-electron chi connectivity index (χ0n) is 14.2. The zero-order chi connectivity index (χ0) is 18.4. The summed E-state index contributed by atoms with van der Waals surface area (Å²) in [6, 6.07) is 0. The quantitative estimate of drug-likeness (QED) is 0.213. The summed E-state index contributed by atoms with van der Waals surface area (Å²) in [5.41, 5.74) is 5.12. The summed E-state index contributed by atoms with van der Waals surface area (Å²) >= 11 is 0. The number of hydroxylamine groups is 2. The molecule has 0 saturated heterocycles. The molecule has 1 unspecified atom stereocenters. The molecule has 0 aromatic rings. The van der Waals surface area contributed by atoms with Gasteiger partial charge in [0, 0.05) is 45.9 Å². The van der Waals surface area contributed by atoms with E-state index < -0.39 is 12.1 Å². The van der Waals surface area contributed by atoms with E-state index in [2.05, 4.69) is 10.6 Å². The average molecular weight is 348 g/mol. The number of nitrogens with zero attached hydrogens (tertiary/aromatic N) is 1. The second-order valence-electron chi connectivity index (χ2n) is 5.52. The van der Waals surface area contributed by atoms with Crippen LogP contribution in [0.2, 0.25) is 0 Å². The van der Waals surface area contributed by atoms with Gasteiger partial charge in [-0.3, -0.25) is 19.6 Å². The van der Waals surface area contributed by atoms with Gasteiger partial charge in [0.25, 0.3) is 0 Å². The molecule has 1 atom stereocenters. The van der Waals surface area contributed by atoms with Crippen LogP contribution in [0.3, 0.4) is 0 Å². The molecule has 140 valence electrons. The molecular weight excluding hydrogens is 319 g/mol. The predicted octanol–water partition coefficient (Wildman–Crippen LogP) is 0.0939. The van der Waals surface area contributed by atoms with Crippen LogP contribution in [0.25, 0.3) is 0 Å². The van der Waals surface area contributed by atoms with Crippen LogP contribution in [-0.4, -0.2) is 60.3 Å². The van der Waals surface area contributed by atoms with E-state index in [1.54, 1.807) is 0 Å². The Morgan fingerprint density at radius 2 is 1.67 bits per heavy atom. The number of hydrogen-bond donors (Lipinski definition) is 4. The van der Waals surface area contributed by atoms with Gasteiger partial charge in [-0.1, -0.05) is 0 Å².